The van der Waals surface area contributed by atoms with Gasteiger partial charge in [0.2, 0.25) is 0 Å². The van der Waals surface area contributed by atoms with E-state index in [9.17, 15) is 14.1 Å². The highest BCUT2D eigenvalue weighted by atomic mass is 32.2. The molecule has 0 unspecified atom stereocenters. The van der Waals surface area contributed by atoms with E-state index in [0.29, 0.717) is 17.2 Å². The van der Waals surface area contributed by atoms with Crippen LogP contribution >= 0.6 is 0 Å². The molecule has 0 radical (unpaired) electrons. The first kappa shape index (κ1) is 14.3. The molecule has 0 bridgehead atoms. The molecule has 1 N–H and O–H groups in total. The van der Waals surface area contributed by atoms with Crippen LogP contribution in [-0.2, 0) is 10.8 Å². The summed E-state index contributed by atoms with van der Waals surface area (Å²) in [5.74, 6) is 0.537. The van der Waals surface area contributed by atoms with Gasteiger partial charge in [0.15, 0.2) is 0 Å². The van der Waals surface area contributed by atoms with E-state index >= 15 is 0 Å². The Morgan fingerprint density at radius 3 is 2.53 bits per heavy atom. The molecular weight excluding hydrogens is 260 g/mol. The molecule has 19 heavy (non-hydrogen) atoms. The van der Waals surface area contributed by atoms with Gasteiger partial charge in [0, 0.05) is 10.6 Å². The van der Waals surface area contributed by atoms with Gasteiger partial charge in [0.05, 0.1) is 16.4 Å². The number of rotatable bonds is 5. The van der Waals surface area contributed by atoms with Crippen molar-refractivity contribution in [1.29, 1.82) is 0 Å². The Kier molecular flexibility index (Phi) is 4.09. The maximum atomic E-state index is 12.5. The Morgan fingerprint density at radius 1 is 1.42 bits per heavy atom. The number of carbonyl (C=O) groups is 1. The highest BCUT2D eigenvalue weighted by Crippen LogP contribution is 2.34. The second-order valence-corrected chi connectivity index (χ2v) is 7.00. The van der Waals surface area contributed by atoms with E-state index in [1.54, 1.807) is 13.0 Å². The van der Waals surface area contributed by atoms with Gasteiger partial charge in [0.1, 0.15) is 0 Å². The molecular formula is C15H20O3S. The fourth-order valence-corrected chi connectivity index (χ4v) is 4.23. The molecule has 0 heterocycles. The summed E-state index contributed by atoms with van der Waals surface area (Å²) < 4.78 is 12.5. The quantitative estimate of drug-likeness (QED) is 0.900. The number of aromatic carboxylic acids is 1. The van der Waals surface area contributed by atoms with Crippen molar-refractivity contribution in [3.63, 3.8) is 0 Å². The van der Waals surface area contributed by atoms with E-state index < -0.39 is 16.8 Å². The van der Waals surface area contributed by atoms with Gasteiger partial charge in [-0.1, -0.05) is 19.9 Å². The minimum absolute atomic E-state index is 0.250. The number of hydrogen-bond donors (Lipinski definition) is 1. The highest BCUT2D eigenvalue weighted by Gasteiger charge is 2.27. The van der Waals surface area contributed by atoms with Crippen molar-refractivity contribution in [3.05, 3.63) is 28.8 Å². The first-order valence-corrected chi connectivity index (χ1v) is 7.98. The minimum atomic E-state index is -1.08. The van der Waals surface area contributed by atoms with Gasteiger partial charge in [0.25, 0.3) is 0 Å². The molecule has 0 spiro atoms. The number of benzene rings is 1. The molecule has 0 amide bonds. The van der Waals surface area contributed by atoms with E-state index in [0.717, 1.165) is 23.3 Å². The van der Waals surface area contributed by atoms with Gasteiger partial charge in [-0.3, -0.25) is 4.21 Å². The lowest BCUT2D eigenvalue weighted by Crippen LogP contribution is -2.11. The van der Waals surface area contributed by atoms with Crippen LogP contribution in [0.1, 0.15) is 54.1 Å². The molecule has 2 rings (SSSR count). The van der Waals surface area contributed by atoms with Crippen LogP contribution in [0.2, 0.25) is 0 Å². The summed E-state index contributed by atoms with van der Waals surface area (Å²) in [4.78, 5) is 12.0. The van der Waals surface area contributed by atoms with Crippen molar-refractivity contribution in [2.45, 2.75) is 44.4 Å². The molecule has 0 saturated heterocycles. The van der Waals surface area contributed by atoms with Crippen molar-refractivity contribution in [3.8, 4) is 0 Å². The Morgan fingerprint density at radius 2 is 2.05 bits per heavy atom. The van der Waals surface area contributed by atoms with Crippen LogP contribution in [0.25, 0.3) is 0 Å². The zero-order valence-corrected chi connectivity index (χ0v) is 12.4. The van der Waals surface area contributed by atoms with Crippen LogP contribution in [0.15, 0.2) is 17.0 Å². The lowest BCUT2D eigenvalue weighted by molar-refractivity contribution is 0.0695. The van der Waals surface area contributed by atoms with Gasteiger partial charge in [-0.2, -0.15) is 0 Å². The van der Waals surface area contributed by atoms with E-state index in [1.807, 2.05) is 19.9 Å². The summed E-state index contributed by atoms with van der Waals surface area (Å²) >= 11 is 0. The molecule has 1 aromatic rings. The van der Waals surface area contributed by atoms with E-state index in [-0.39, 0.29) is 11.5 Å². The zero-order valence-electron chi connectivity index (χ0n) is 11.6. The monoisotopic (exact) mass is 280 g/mol. The predicted molar refractivity (Wildman–Crippen MR) is 76.2 cm³/mol. The fourth-order valence-electron chi connectivity index (χ4n) is 2.28. The molecule has 1 saturated carbocycles. The van der Waals surface area contributed by atoms with Crippen LogP contribution in [0, 0.1) is 12.8 Å². The van der Waals surface area contributed by atoms with Gasteiger partial charge in [-0.25, -0.2) is 4.79 Å². The third-order valence-corrected chi connectivity index (χ3v) is 5.37. The van der Waals surface area contributed by atoms with Gasteiger partial charge >= 0.3 is 5.97 Å². The molecule has 1 aliphatic carbocycles. The maximum absolute atomic E-state index is 12.5. The predicted octanol–water partition coefficient (Wildman–Crippen LogP) is 3.33. The Hall–Kier alpha value is -1.16. The maximum Gasteiger partial charge on any atom is 0.335 e. The second-order valence-electron chi connectivity index (χ2n) is 5.57. The van der Waals surface area contributed by atoms with Crippen LogP contribution in [-0.4, -0.2) is 21.0 Å². The summed E-state index contributed by atoms with van der Waals surface area (Å²) in [6.07, 6.45) is 2.31. The Bertz CT molecular complexity index is 530. The summed E-state index contributed by atoms with van der Waals surface area (Å²) in [6, 6.07) is 3.45. The molecule has 1 atom stereocenters. The lowest BCUT2D eigenvalue weighted by Gasteiger charge is -2.16. The summed E-state index contributed by atoms with van der Waals surface area (Å²) in [5.41, 5.74) is 1.95. The molecule has 0 aromatic heterocycles. The van der Waals surface area contributed by atoms with Crippen LogP contribution in [0.3, 0.4) is 0 Å². The Labute approximate surface area is 116 Å². The van der Waals surface area contributed by atoms with E-state index in [4.69, 9.17) is 0 Å². The summed E-state index contributed by atoms with van der Waals surface area (Å²) in [7, 11) is -1.08. The lowest BCUT2D eigenvalue weighted by atomic mass is 9.98. The normalized spacial score (nSPS) is 16.6. The first-order chi connectivity index (χ1) is 8.91. The summed E-state index contributed by atoms with van der Waals surface area (Å²) in [5, 5.41) is 9.20. The average molecular weight is 280 g/mol. The van der Waals surface area contributed by atoms with Crippen molar-refractivity contribution in [2.75, 3.05) is 5.75 Å². The zero-order chi connectivity index (χ0) is 14.2. The third-order valence-electron chi connectivity index (χ3n) is 3.60. The number of carboxylic acids is 1. The molecule has 3 nitrogen and oxygen atoms in total. The van der Waals surface area contributed by atoms with Crippen molar-refractivity contribution in [1.82, 2.24) is 0 Å². The number of carboxylic acid groups (broad SMARTS) is 1. The number of hydrogen-bond acceptors (Lipinski definition) is 2. The topological polar surface area (TPSA) is 54.4 Å². The van der Waals surface area contributed by atoms with Gasteiger partial charge < -0.3 is 5.11 Å². The van der Waals surface area contributed by atoms with Crippen molar-refractivity contribution >= 4 is 16.8 Å². The first-order valence-electron chi connectivity index (χ1n) is 6.67. The van der Waals surface area contributed by atoms with Crippen molar-refractivity contribution < 1.29 is 14.1 Å². The van der Waals surface area contributed by atoms with Crippen LogP contribution in [0.4, 0.5) is 0 Å². The van der Waals surface area contributed by atoms with Crippen LogP contribution in [0.5, 0.6) is 0 Å². The van der Waals surface area contributed by atoms with Gasteiger partial charge in [-0.15, -0.1) is 0 Å². The molecule has 1 aliphatic rings. The molecule has 0 aliphatic heterocycles. The third kappa shape index (κ3) is 3.06. The Balaban J connectivity index is 2.48. The standard InChI is InChI=1S/C15H20O3S/c1-9(2)12-6-7-13(15(16)17)10(3)14(12)19(18)8-11-4-5-11/h6-7,9,11H,4-5,8H2,1-3H3,(H,16,17)/t19-/m1/s1. The fraction of sp³-hybridized carbons (Fsp3) is 0.533. The van der Waals surface area contributed by atoms with Gasteiger partial charge in [-0.05, 0) is 48.8 Å². The smallest absolute Gasteiger partial charge is 0.335 e. The van der Waals surface area contributed by atoms with Crippen molar-refractivity contribution in [2.24, 2.45) is 5.92 Å². The van der Waals surface area contributed by atoms with Crippen LogP contribution < -0.4 is 0 Å². The molecule has 1 fully saturated rings. The average Bonchev–Trinajstić information content (AvgIpc) is 3.11. The van der Waals surface area contributed by atoms with E-state index in [1.165, 1.54) is 0 Å². The molecule has 4 heteroatoms. The largest absolute Gasteiger partial charge is 0.478 e. The second kappa shape index (κ2) is 5.45. The SMILES string of the molecule is Cc1c(C(=O)O)ccc(C(C)C)c1[S@](=O)CC1CC1. The minimum Gasteiger partial charge on any atom is -0.478 e. The highest BCUT2D eigenvalue weighted by molar-refractivity contribution is 7.85. The van der Waals surface area contributed by atoms with E-state index in [2.05, 4.69) is 0 Å². The molecule has 104 valence electrons. The summed E-state index contributed by atoms with van der Waals surface area (Å²) in [6.45, 7) is 5.87. The molecule has 1 aromatic carbocycles.